The van der Waals surface area contributed by atoms with Gasteiger partial charge in [-0.25, -0.2) is 0 Å². The zero-order valence-corrected chi connectivity index (χ0v) is 17.2. The molecule has 0 saturated carbocycles. The maximum absolute atomic E-state index is 12.9. The van der Waals surface area contributed by atoms with Gasteiger partial charge >= 0.3 is 0 Å². The number of amides is 3. The van der Waals surface area contributed by atoms with Gasteiger partial charge in [0.25, 0.3) is 11.8 Å². The van der Waals surface area contributed by atoms with Gasteiger partial charge in [-0.15, -0.1) is 0 Å². The molecule has 0 radical (unpaired) electrons. The Morgan fingerprint density at radius 3 is 2.50 bits per heavy atom. The molecule has 30 heavy (non-hydrogen) atoms. The fourth-order valence-corrected chi connectivity index (χ4v) is 3.79. The van der Waals surface area contributed by atoms with Crippen LogP contribution in [0.4, 0.5) is 11.4 Å². The van der Waals surface area contributed by atoms with E-state index in [-0.39, 0.29) is 30.9 Å². The third-order valence-electron chi connectivity index (χ3n) is 5.22. The Morgan fingerprint density at radius 2 is 1.77 bits per heavy atom. The monoisotopic (exact) mass is 427 g/mol. The average Bonchev–Trinajstić information content (AvgIpc) is 2.77. The molecule has 156 valence electrons. The summed E-state index contributed by atoms with van der Waals surface area (Å²) < 4.78 is 5.50. The van der Waals surface area contributed by atoms with E-state index in [1.165, 1.54) is 4.90 Å². The summed E-state index contributed by atoms with van der Waals surface area (Å²) in [6.45, 7) is 1.14. The van der Waals surface area contributed by atoms with Crippen LogP contribution < -0.4 is 15.0 Å². The number of halogens is 1. The van der Waals surface area contributed by atoms with E-state index >= 15 is 0 Å². The number of likely N-dealkylation sites (tertiary alicyclic amines) is 1. The first kappa shape index (κ1) is 20.2. The first-order valence-electron chi connectivity index (χ1n) is 9.93. The van der Waals surface area contributed by atoms with Crippen molar-refractivity contribution in [3.05, 3.63) is 53.1 Å². The van der Waals surface area contributed by atoms with Gasteiger partial charge in [0, 0.05) is 29.4 Å². The lowest BCUT2D eigenvalue weighted by Crippen LogP contribution is -2.43. The number of ether oxygens (including phenoxy) is 1. The van der Waals surface area contributed by atoms with Crippen LogP contribution in [0.3, 0.4) is 0 Å². The minimum atomic E-state index is -0.355. The van der Waals surface area contributed by atoms with Gasteiger partial charge in [0.1, 0.15) is 12.3 Å². The molecule has 7 nitrogen and oxygen atoms in total. The molecule has 1 saturated heterocycles. The molecular weight excluding hydrogens is 406 g/mol. The summed E-state index contributed by atoms with van der Waals surface area (Å²) in [4.78, 5) is 41.1. The number of benzene rings is 2. The second kappa shape index (κ2) is 8.75. The van der Waals surface area contributed by atoms with E-state index in [2.05, 4.69) is 5.32 Å². The van der Waals surface area contributed by atoms with Gasteiger partial charge in [0.05, 0.1) is 5.69 Å². The highest BCUT2D eigenvalue weighted by molar-refractivity contribution is 6.30. The van der Waals surface area contributed by atoms with E-state index in [9.17, 15) is 14.4 Å². The minimum absolute atomic E-state index is 0.0684. The van der Waals surface area contributed by atoms with Crippen molar-refractivity contribution in [1.82, 2.24) is 4.90 Å². The van der Waals surface area contributed by atoms with Crippen LogP contribution in [0.5, 0.6) is 5.75 Å². The smallest absolute Gasteiger partial charge is 0.265 e. The van der Waals surface area contributed by atoms with Gasteiger partial charge in [-0.2, -0.15) is 0 Å². The summed E-state index contributed by atoms with van der Waals surface area (Å²) in [6.07, 6.45) is 3.12. The van der Waals surface area contributed by atoms with Crippen molar-refractivity contribution in [3.8, 4) is 5.75 Å². The number of rotatable bonds is 4. The molecule has 0 unspecified atom stereocenters. The molecule has 4 rings (SSSR count). The van der Waals surface area contributed by atoms with Crippen molar-refractivity contribution in [2.45, 2.75) is 19.3 Å². The van der Waals surface area contributed by atoms with Crippen LogP contribution in [0.1, 0.15) is 29.6 Å². The number of fused-ring (bicyclic) bond motifs is 1. The molecule has 2 aliphatic heterocycles. The number of nitrogens with one attached hydrogen (secondary N) is 1. The van der Waals surface area contributed by atoms with E-state index in [1.54, 1.807) is 42.5 Å². The summed E-state index contributed by atoms with van der Waals surface area (Å²) in [7, 11) is 0. The third kappa shape index (κ3) is 4.41. The van der Waals surface area contributed by atoms with Gasteiger partial charge in [-0.1, -0.05) is 11.6 Å². The zero-order valence-electron chi connectivity index (χ0n) is 16.4. The van der Waals surface area contributed by atoms with E-state index < -0.39 is 0 Å². The molecule has 2 aromatic carbocycles. The molecule has 3 amide bonds. The fraction of sp³-hybridized carbons (Fsp3) is 0.318. The Balaban J connectivity index is 1.53. The molecular formula is C22H22ClN3O4. The van der Waals surface area contributed by atoms with E-state index in [0.29, 0.717) is 27.7 Å². The summed E-state index contributed by atoms with van der Waals surface area (Å²) >= 11 is 5.87. The third-order valence-corrected chi connectivity index (χ3v) is 5.47. The number of anilines is 2. The Morgan fingerprint density at radius 1 is 1.03 bits per heavy atom. The van der Waals surface area contributed by atoms with Crippen LogP contribution in [-0.4, -0.2) is 48.9 Å². The van der Waals surface area contributed by atoms with Crippen LogP contribution in [-0.2, 0) is 9.59 Å². The lowest BCUT2D eigenvalue weighted by Gasteiger charge is -2.30. The highest BCUT2D eigenvalue weighted by Crippen LogP contribution is 2.33. The van der Waals surface area contributed by atoms with Crippen LogP contribution >= 0.6 is 11.6 Å². The Labute approximate surface area is 179 Å². The largest absolute Gasteiger partial charge is 0.482 e. The number of piperidine rings is 1. The minimum Gasteiger partial charge on any atom is -0.482 e. The lowest BCUT2D eigenvalue weighted by molar-refractivity contribution is -0.123. The van der Waals surface area contributed by atoms with Gasteiger partial charge in [-0.3, -0.25) is 19.3 Å². The van der Waals surface area contributed by atoms with Crippen molar-refractivity contribution in [2.24, 2.45) is 0 Å². The van der Waals surface area contributed by atoms with E-state index in [1.807, 2.05) is 4.90 Å². The highest BCUT2D eigenvalue weighted by atomic mass is 35.5. The van der Waals surface area contributed by atoms with Crippen LogP contribution in [0, 0.1) is 0 Å². The van der Waals surface area contributed by atoms with Crippen LogP contribution in [0.25, 0.3) is 0 Å². The molecule has 1 N–H and O–H groups in total. The summed E-state index contributed by atoms with van der Waals surface area (Å²) in [5.41, 5.74) is 1.50. The zero-order chi connectivity index (χ0) is 21.1. The number of hydrogen-bond acceptors (Lipinski definition) is 4. The molecule has 0 atom stereocenters. The second-order valence-corrected chi connectivity index (χ2v) is 7.80. The number of carbonyl (C=O) groups is 3. The summed E-state index contributed by atoms with van der Waals surface area (Å²) in [5.74, 6) is -0.284. The average molecular weight is 428 g/mol. The first-order chi connectivity index (χ1) is 14.5. The van der Waals surface area contributed by atoms with Crippen LogP contribution in [0.15, 0.2) is 42.5 Å². The predicted octanol–water partition coefficient (Wildman–Crippen LogP) is 3.33. The van der Waals surface area contributed by atoms with Crippen molar-refractivity contribution >= 4 is 40.7 Å². The SMILES string of the molecule is O=C(CN1C(=O)COc2ccc(C(=O)N3CCCCC3)cc21)Nc1ccc(Cl)cc1. The van der Waals surface area contributed by atoms with Gasteiger partial charge in [0.15, 0.2) is 6.61 Å². The van der Waals surface area contributed by atoms with E-state index in [4.69, 9.17) is 16.3 Å². The van der Waals surface area contributed by atoms with Gasteiger partial charge in [-0.05, 0) is 61.7 Å². The molecule has 0 aromatic heterocycles. The molecule has 2 aliphatic rings. The quantitative estimate of drug-likeness (QED) is 0.811. The molecule has 1 fully saturated rings. The fourth-order valence-electron chi connectivity index (χ4n) is 3.67. The van der Waals surface area contributed by atoms with Gasteiger partial charge in [0.2, 0.25) is 5.91 Å². The Kier molecular flexibility index (Phi) is 5.90. The predicted molar refractivity (Wildman–Crippen MR) is 114 cm³/mol. The summed E-state index contributed by atoms with van der Waals surface area (Å²) in [6, 6.07) is 11.7. The van der Waals surface area contributed by atoms with Crippen molar-refractivity contribution in [1.29, 1.82) is 0 Å². The second-order valence-electron chi connectivity index (χ2n) is 7.36. The number of hydrogen-bond donors (Lipinski definition) is 1. The summed E-state index contributed by atoms with van der Waals surface area (Å²) in [5, 5.41) is 3.32. The van der Waals surface area contributed by atoms with E-state index in [0.717, 1.165) is 32.4 Å². The molecule has 0 spiro atoms. The standard InChI is InChI=1S/C22H22ClN3O4/c23-16-5-7-17(8-6-16)24-20(27)13-26-18-12-15(4-9-19(18)30-14-21(26)28)22(29)25-10-2-1-3-11-25/h4-9,12H,1-3,10-11,13-14H2,(H,24,27). The molecule has 2 aromatic rings. The number of nitrogens with zero attached hydrogens (tertiary/aromatic N) is 2. The van der Waals surface area contributed by atoms with Crippen molar-refractivity contribution in [2.75, 3.05) is 36.5 Å². The normalized spacial score (nSPS) is 16.0. The maximum Gasteiger partial charge on any atom is 0.265 e. The molecule has 2 heterocycles. The molecule has 0 bridgehead atoms. The van der Waals surface area contributed by atoms with Crippen molar-refractivity contribution in [3.63, 3.8) is 0 Å². The maximum atomic E-state index is 12.9. The Hall–Kier alpha value is -3.06. The molecule has 8 heteroatoms. The number of carbonyl (C=O) groups excluding carboxylic acids is 3. The van der Waals surface area contributed by atoms with Gasteiger partial charge < -0.3 is 15.0 Å². The Bertz CT molecular complexity index is 971. The topological polar surface area (TPSA) is 79.0 Å². The van der Waals surface area contributed by atoms with Crippen LogP contribution in [0.2, 0.25) is 5.02 Å². The molecule has 0 aliphatic carbocycles. The first-order valence-corrected chi connectivity index (χ1v) is 10.3. The van der Waals surface area contributed by atoms with Crippen molar-refractivity contribution < 1.29 is 19.1 Å². The highest BCUT2D eigenvalue weighted by Gasteiger charge is 2.29. The lowest BCUT2D eigenvalue weighted by atomic mass is 10.1.